The highest BCUT2D eigenvalue weighted by atomic mass is 32.1. The first-order valence-electron chi connectivity index (χ1n) is 8.34. The van der Waals surface area contributed by atoms with Gasteiger partial charge in [-0.1, -0.05) is 19.8 Å². The van der Waals surface area contributed by atoms with E-state index in [4.69, 9.17) is 0 Å². The zero-order chi connectivity index (χ0) is 15.2. The first kappa shape index (κ1) is 14.4. The number of nitrogens with one attached hydrogen (secondary N) is 1. The van der Waals surface area contributed by atoms with Gasteiger partial charge in [0, 0.05) is 16.8 Å². The van der Waals surface area contributed by atoms with Crippen LogP contribution in [0.5, 0.6) is 0 Å². The molecule has 1 fully saturated rings. The van der Waals surface area contributed by atoms with Gasteiger partial charge >= 0.3 is 0 Å². The molecule has 0 aliphatic heterocycles. The molecule has 2 unspecified atom stereocenters. The summed E-state index contributed by atoms with van der Waals surface area (Å²) in [7, 11) is 0. The summed E-state index contributed by atoms with van der Waals surface area (Å²) in [6.45, 7) is 2.98. The van der Waals surface area contributed by atoms with Crippen LogP contribution in [0.25, 0.3) is 10.2 Å². The van der Waals surface area contributed by atoms with Gasteiger partial charge in [0.05, 0.1) is 11.5 Å². The molecule has 0 radical (unpaired) electrons. The Kier molecular flexibility index (Phi) is 3.57. The van der Waals surface area contributed by atoms with Gasteiger partial charge in [0.15, 0.2) is 0 Å². The van der Waals surface area contributed by atoms with Crippen molar-refractivity contribution >= 4 is 27.4 Å². The van der Waals surface area contributed by atoms with Gasteiger partial charge in [-0.3, -0.25) is 0 Å². The predicted octanol–water partition coefficient (Wildman–Crippen LogP) is 3.53. The van der Waals surface area contributed by atoms with Gasteiger partial charge < -0.3 is 10.4 Å². The molecule has 0 saturated heterocycles. The van der Waals surface area contributed by atoms with Crippen LogP contribution in [0, 0.1) is 5.41 Å². The standard InChI is InChI=1S/C17H23N3OS/c1-17(8-3-2-7-13(17)21)9-18-15-14-11-5-4-6-12(11)22-16(14)20-10-19-15/h10,13,21H,2-9H2,1H3,(H,18,19,20). The minimum Gasteiger partial charge on any atom is -0.392 e. The molecule has 2 N–H and O–H groups in total. The molecule has 4 nitrogen and oxygen atoms in total. The normalized spacial score (nSPS) is 28.0. The van der Waals surface area contributed by atoms with Crippen LogP contribution >= 0.6 is 11.3 Å². The summed E-state index contributed by atoms with van der Waals surface area (Å²) >= 11 is 1.82. The minimum absolute atomic E-state index is 0.0469. The smallest absolute Gasteiger partial charge is 0.138 e. The van der Waals surface area contributed by atoms with Crippen molar-refractivity contribution in [3.63, 3.8) is 0 Å². The first-order chi connectivity index (χ1) is 10.7. The topological polar surface area (TPSA) is 58.0 Å². The van der Waals surface area contributed by atoms with Crippen molar-refractivity contribution in [2.45, 2.75) is 58.0 Å². The van der Waals surface area contributed by atoms with E-state index in [0.717, 1.165) is 42.9 Å². The Morgan fingerprint density at radius 1 is 1.32 bits per heavy atom. The van der Waals surface area contributed by atoms with Crippen molar-refractivity contribution in [3.8, 4) is 0 Å². The molecular weight excluding hydrogens is 294 g/mol. The Morgan fingerprint density at radius 3 is 3.09 bits per heavy atom. The van der Waals surface area contributed by atoms with Gasteiger partial charge in [-0.05, 0) is 37.7 Å². The molecule has 0 bridgehead atoms. The van der Waals surface area contributed by atoms with E-state index >= 15 is 0 Å². The summed E-state index contributed by atoms with van der Waals surface area (Å²) in [5, 5.41) is 15.1. The van der Waals surface area contributed by atoms with Gasteiger partial charge in [-0.2, -0.15) is 0 Å². The molecule has 2 heterocycles. The molecule has 5 heteroatoms. The maximum atomic E-state index is 10.4. The van der Waals surface area contributed by atoms with Crippen LogP contribution in [-0.2, 0) is 12.8 Å². The number of rotatable bonds is 3. The lowest BCUT2D eigenvalue weighted by molar-refractivity contribution is 0.00960. The number of anilines is 1. The zero-order valence-corrected chi connectivity index (χ0v) is 13.9. The van der Waals surface area contributed by atoms with E-state index in [1.165, 1.54) is 35.1 Å². The van der Waals surface area contributed by atoms with E-state index in [2.05, 4.69) is 22.2 Å². The highest BCUT2D eigenvalue weighted by molar-refractivity contribution is 7.19. The Morgan fingerprint density at radius 2 is 2.23 bits per heavy atom. The molecule has 0 spiro atoms. The van der Waals surface area contributed by atoms with Crippen molar-refractivity contribution in [2.24, 2.45) is 5.41 Å². The van der Waals surface area contributed by atoms with Crippen LogP contribution in [-0.4, -0.2) is 27.7 Å². The fourth-order valence-corrected chi connectivity index (χ4v) is 5.16. The van der Waals surface area contributed by atoms with E-state index in [0.29, 0.717) is 0 Å². The van der Waals surface area contributed by atoms with Crippen LogP contribution in [0.4, 0.5) is 5.82 Å². The van der Waals surface area contributed by atoms with Crippen molar-refractivity contribution in [1.82, 2.24) is 9.97 Å². The van der Waals surface area contributed by atoms with Gasteiger partial charge in [0.1, 0.15) is 17.0 Å². The lowest BCUT2D eigenvalue weighted by atomic mass is 9.73. The van der Waals surface area contributed by atoms with Gasteiger partial charge in [-0.15, -0.1) is 11.3 Å². The molecule has 2 aliphatic carbocycles. The third-order valence-electron chi connectivity index (χ3n) is 5.44. The highest BCUT2D eigenvalue weighted by Gasteiger charge is 2.35. The third-order valence-corrected chi connectivity index (χ3v) is 6.64. The summed E-state index contributed by atoms with van der Waals surface area (Å²) in [5.74, 6) is 0.961. The molecule has 1 saturated carbocycles. The second-order valence-electron chi connectivity index (χ2n) is 7.03. The van der Waals surface area contributed by atoms with E-state index in [-0.39, 0.29) is 11.5 Å². The number of nitrogens with zero attached hydrogens (tertiary/aromatic N) is 2. The molecule has 22 heavy (non-hydrogen) atoms. The van der Waals surface area contributed by atoms with Crippen LogP contribution < -0.4 is 5.32 Å². The minimum atomic E-state index is -0.209. The molecule has 2 aromatic rings. The van der Waals surface area contributed by atoms with Gasteiger partial charge in [-0.25, -0.2) is 9.97 Å². The molecule has 0 amide bonds. The maximum Gasteiger partial charge on any atom is 0.138 e. The third kappa shape index (κ3) is 2.31. The molecule has 2 aromatic heterocycles. The molecule has 2 atom stereocenters. The number of aliphatic hydroxyl groups is 1. The largest absolute Gasteiger partial charge is 0.392 e. The lowest BCUT2D eigenvalue weighted by Gasteiger charge is -2.38. The number of fused-ring (bicyclic) bond motifs is 3. The Hall–Kier alpha value is -1.20. The van der Waals surface area contributed by atoms with Gasteiger partial charge in [0.2, 0.25) is 0 Å². The number of aliphatic hydroxyl groups excluding tert-OH is 1. The van der Waals surface area contributed by atoms with E-state index in [1.807, 2.05) is 11.3 Å². The highest BCUT2D eigenvalue weighted by Crippen LogP contribution is 2.40. The molecule has 4 rings (SSSR count). The molecule has 118 valence electrons. The molecule has 2 aliphatic rings. The summed E-state index contributed by atoms with van der Waals surface area (Å²) in [5.41, 5.74) is 1.41. The first-order valence-corrected chi connectivity index (χ1v) is 9.16. The predicted molar refractivity (Wildman–Crippen MR) is 90.5 cm³/mol. The van der Waals surface area contributed by atoms with E-state index < -0.39 is 0 Å². The fourth-order valence-electron chi connectivity index (χ4n) is 3.94. The van der Waals surface area contributed by atoms with Crippen molar-refractivity contribution in [2.75, 3.05) is 11.9 Å². The number of thiophene rings is 1. The summed E-state index contributed by atoms with van der Waals surface area (Å²) in [6.07, 6.45) is 9.40. The monoisotopic (exact) mass is 317 g/mol. The number of aromatic nitrogens is 2. The molecular formula is C17H23N3OS. The quantitative estimate of drug-likeness (QED) is 0.909. The molecule has 0 aromatic carbocycles. The number of aryl methyl sites for hydroxylation is 2. The van der Waals surface area contributed by atoms with Crippen LogP contribution in [0.2, 0.25) is 0 Å². The van der Waals surface area contributed by atoms with Gasteiger partial charge in [0.25, 0.3) is 0 Å². The SMILES string of the molecule is CC1(CNc2ncnc3sc4c(c23)CCC4)CCCCC1O. The Bertz CT molecular complexity index is 699. The summed E-state index contributed by atoms with van der Waals surface area (Å²) in [6, 6.07) is 0. The second-order valence-corrected chi connectivity index (χ2v) is 8.11. The Labute approximate surface area is 135 Å². The van der Waals surface area contributed by atoms with E-state index in [9.17, 15) is 5.11 Å². The fraction of sp³-hybridized carbons (Fsp3) is 0.647. The number of hydrogen-bond donors (Lipinski definition) is 2. The van der Waals surface area contributed by atoms with Crippen LogP contribution in [0.3, 0.4) is 0 Å². The average Bonchev–Trinajstić information content (AvgIpc) is 3.09. The van der Waals surface area contributed by atoms with Crippen molar-refractivity contribution in [3.05, 3.63) is 16.8 Å². The Balaban J connectivity index is 1.62. The summed E-state index contributed by atoms with van der Waals surface area (Å²) in [4.78, 5) is 11.5. The maximum absolute atomic E-state index is 10.4. The summed E-state index contributed by atoms with van der Waals surface area (Å²) < 4.78 is 0. The van der Waals surface area contributed by atoms with E-state index in [1.54, 1.807) is 6.33 Å². The van der Waals surface area contributed by atoms with Crippen LogP contribution in [0.15, 0.2) is 6.33 Å². The van der Waals surface area contributed by atoms with Crippen molar-refractivity contribution < 1.29 is 5.11 Å². The number of hydrogen-bond acceptors (Lipinski definition) is 5. The second kappa shape index (κ2) is 5.46. The van der Waals surface area contributed by atoms with Crippen molar-refractivity contribution in [1.29, 1.82) is 0 Å². The average molecular weight is 317 g/mol. The van der Waals surface area contributed by atoms with Crippen LogP contribution in [0.1, 0.15) is 49.5 Å². The zero-order valence-electron chi connectivity index (χ0n) is 13.1. The lowest BCUT2D eigenvalue weighted by Crippen LogP contribution is -2.41.